The van der Waals surface area contributed by atoms with E-state index in [9.17, 15) is 61.0 Å². The van der Waals surface area contributed by atoms with Gasteiger partial charge in [0.25, 0.3) is 0 Å². The molecular formula is C78H143NO18. The number of amides is 1. The van der Waals surface area contributed by atoms with Gasteiger partial charge in [0.1, 0.15) is 73.2 Å². The molecule has 0 bridgehead atoms. The lowest BCUT2D eigenvalue weighted by Gasteiger charge is -2.48. The van der Waals surface area contributed by atoms with Gasteiger partial charge in [-0.3, -0.25) is 4.79 Å². The van der Waals surface area contributed by atoms with E-state index in [4.69, 9.17) is 28.4 Å². The number of carbonyl (C=O) groups is 1. The van der Waals surface area contributed by atoms with Gasteiger partial charge >= 0.3 is 0 Å². The molecule has 3 aliphatic rings. The van der Waals surface area contributed by atoms with Gasteiger partial charge in [-0.15, -0.1) is 0 Å². The Bertz CT molecular complexity index is 1940. The molecule has 1 amide bonds. The second-order valence-corrected chi connectivity index (χ2v) is 28.2. The normalized spacial score (nSPS) is 27.1. The zero-order chi connectivity index (χ0) is 70.4. The summed E-state index contributed by atoms with van der Waals surface area (Å²) in [6, 6.07) is -0.997. The van der Waals surface area contributed by atoms with Gasteiger partial charge in [-0.1, -0.05) is 281 Å². The Kier molecular flexibility index (Phi) is 54.3. The quantitative estimate of drug-likeness (QED) is 0.0199. The molecule has 19 heteroatoms. The Morgan fingerprint density at radius 2 is 0.660 bits per heavy atom. The molecule has 0 aromatic carbocycles. The number of aliphatic hydroxyl groups excluding tert-OH is 11. The molecule has 3 aliphatic heterocycles. The van der Waals surface area contributed by atoms with E-state index < -0.39 is 124 Å². The highest BCUT2D eigenvalue weighted by Gasteiger charge is 2.53. The fourth-order valence-corrected chi connectivity index (χ4v) is 13.2. The molecule has 0 aromatic heterocycles. The van der Waals surface area contributed by atoms with Gasteiger partial charge in [0.05, 0.1) is 38.6 Å². The Balaban J connectivity index is 1.36. The number of ether oxygens (including phenoxy) is 6. The zero-order valence-electron chi connectivity index (χ0n) is 60.6. The van der Waals surface area contributed by atoms with E-state index in [2.05, 4.69) is 55.6 Å². The lowest BCUT2D eigenvalue weighted by molar-refractivity contribution is -0.379. The molecule has 3 fully saturated rings. The molecule has 12 N–H and O–H groups in total. The van der Waals surface area contributed by atoms with Gasteiger partial charge in [0.2, 0.25) is 5.91 Å². The largest absolute Gasteiger partial charge is 0.394 e. The van der Waals surface area contributed by atoms with Gasteiger partial charge in [-0.05, 0) is 70.6 Å². The third-order valence-corrected chi connectivity index (χ3v) is 19.6. The Morgan fingerprint density at radius 1 is 0.361 bits per heavy atom. The molecule has 0 saturated carbocycles. The minimum absolute atomic E-state index is 0.235. The summed E-state index contributed by atoms with van der Waals surface area (Å²) in [5.41, 5.74) is 0. The van der Waals surface area contributed by atoms with Crippen LogP contribution in [0.5, 0.6) is 0 Å². The first-order chi connectivity index (χ1) is 47.3. The second kappa shape index (κ2) is 59.2. The third-order valence-electron chi connectivity index (χ3n) is 19.6. The van der Waals surface area contributed by atoms with Crippen LogP contribution in [0, 0.1) is 0 Å². The Hall–Kier alpha value is -2.25. The van der Waals surface area contributed by atoms with Crippen molar-refractivity contribution in [2.45, 2.75) is 413 Å². The van der Waals surface area contributed by atoms with Gasteiger partial charge < -0.3 is 89.9 Å². The van der Waals surface area contributed by atoms with Crippen molar-refractivity contribution >= 4 is 5.91 Å². The van der Waals surface area contributed by atoms with Crippen molar-refractivity contribution in [2.75, 3.05) is 26.4 Å². The molecule has 17 atom stereocenters. The first kappa shape index (κ1) is 89.0. The van der Waals surface area contributed by atoms with Crippen LogP contribution in [0.15, 0.2) is 48.6 Å². The second-order valence-electron chi connectivity index (χ2n) is 28.2. The van der Waals surface area contributed by atoms with Crippen molar-refractivity contribution in [3.8, 4) is 0 Å². The molecule has 19 nitrogen and oxygen atoms in total. The standard InChI is InChI=1S/C78H143NO18/c1-3-5-7-9-11-13-15-17-19-21-23-24-25-26-27-28-29-30-31-32-33-34-35-36-38-40-42-44-46-48-50-52-54-56-66(84)79-61(62(83)55-53-51-49-47-45-43-41-39-37-22-20-18-16-14-12-10-8-6-4-2)60-92-76-72(90)69(87)74(64(58-81)94-76)97-78-73(91)70(88)75(65(59-82)95-78)96-77-71(89)68(86)67(85)63(57-80)93-77/h21,23,37,39,45,47,53,55,61-65,67-78,80-83,85-91H,3-20,22,24-36,38,40-44,46,48-52,54,56-60H2,1-2H3,(H,79,84)/b23-21-,39-37+,47-45+,55-53+. The summed E-state index contributed by atoms with van der Waals surface area (Å²) in [6.07, 6.45) is 46.8. The molecule has 0 spiro atoms. The maximum Gasteiger partial charge on any atom is 0.220 e. The molecule has 3 rings (SSSR count). The minimum Gasteiger partial charge on any atom is -0.394 e. The highest BCUT2D eigenvalue weighted by Crippen LogP contribution is 2.33. The molecule has 17 unspecified atom stereocenters. The average Bonchev–Trinajstić information content (AvgIpc) is 0.845. The van der Waals surface area contributed by atoms with E-state index in [0.29, 0.717) is 12.8 Å². The molecular weight excluding hydrogens is 1240 g/mol. The molecule has 0 radical (unpaired) electrons. The SMILES string of the molecule is CCCCCCCCCC/C=C\CCCCCCCCCCCCCCCCCCCCCCCC(=O)NC(COC1OC(CO)C(OC2OC(CO)C(OC3OC(CO)C(O)C(O)C3O)C(O)C2O)C(O)C1O)C(O)/C=C/CC/C=C/CC/C=C/CCCCCCCCCCC. The first-order valence-corrected chi connectivity index (χ1v) is 39.4. The van der Waals surface area contributed by atoms with Crippen LogP contribution < -0.4 is 5.32 Å². The van der Waals surface area contributed by atoms with Crippen LogP contribution in [-0.2, 0) is 33.2 Å². The number of nitrogens with one attached hydrogen (secondary N) is 1. The number of rotatable bonds is 62. The van der Waals surface area contributed by atoms with Crippen molar-refractivity contribution in [1.82, 2.24) is 5.32 Å². The van der Waals surface area contributed by atoms with Gasteiger partial charge in [0.15, 0.2) is 18.9 Å². The summed E-state index contributed by atoms with van der Waals surface area (Å²) in [6.45, 7) is 1.74. The van der Waals surface area contributed by atoms with Crippen LogP contribution in [0.25, 0.3) is 0 Å². The summed E-state index contributed by atoms with van der Waals surface area (Å²) in [7, 11) is 0. The average molecular weight is 1380 g/mol. The van der Waals surface area contributed by atoms with E-state index in [1.165, 1.54) is 231 Å². The van der Waals surface area contributed by atoms with Crippen molar-refractivity contribution in [2.24, 2.45) is 0 Å². The fourth-order valence-electron chi connectivity index (χ4n) is 13.2. The topological polar surface area (TPSA) is 307 Å². The Labute approximate surface area is 586 Å². The number of aliphatic hydroxyl groups is 11. The first-order valence-electron chi connectivity index (χ1n) is 39.4. The van der Waals surface area contributed by atoms with Crippen LogP contribution in [-0.4, -0.2) is 193 Å². The van der Waals surface area contributed by atoms with E-state index in [0.717, 1.165) is 44.9 Å². The van der Waals surface area contributed by atoms with Crippen LogP contribution >= 0.6 is 0 Å². The number of allylic oxidation sites excluding steroid dienone is 7. The van der Waals surface area contributed by atoms with Crippen molar-refractivity contribution in [3.63, 3.8) is 0 Å². The molecule has 0 aliphatic carbocycles. The maximum absolute atomic E-state index is 13.4. The lowest BCUT2D eigenvalue weighted by Crippen LogP contribution is -2.66. The third kappa shape index (κ3) is 39.8. The highest BCUT2D eigenvalue weighted by molar-refractivity contribution is 5.76. The highest BCUT2D eigenvalue weighted by atomic mass is 16.8. The molecule has 3 heterocycles. The van der Waals surface area contributed by atoms with Crippen molar-refractivity contribution in [3.05, 3.63) is 48.6 Å². The van der Waals surface area contributed by atoms with Gasteiger partial charge in [0, 0.05) is 6.42 Å². The molecule has 3 saturated heterocycles. The zero-order valence-corrected chi connectivity index (χ0v) is 60.6. The van der Waals surface area contributed by atoms with E-state index in [1.54, 1.807) is 6.08 Å². The van der Waals surface area contributed by atoms with Gasteiger partial charge in [-0.25, -0.2) is 0 Å². The van der Waals surface area contributed by atoms with E-state index >= 15 is 0 Å². The maximum atomic E-state index is 13.4. The van der Waals surface area contributed by atoms with Crippen LogP contribution in [0.2, 0.25) is 0 Å². The predicted molar refractivity (Wildman–Crippen MR) is 383 cm³/mol. The summed E-state index contributed by atoms with van der Waals surface area (Å²) < 4.78 is 34.4. The lowest BCUT2D eigenvalue weighted by atomic mass is 9.96. The number of unbranched alkanes of at least 4 members (excludes halogenated alkanes) is 40. The smallest absolute Gasteiger partial charge is 0.220 e. The summed E-state index contributed by atoms with van der Waals surface area (Å²) in [5.74, 6) is -0.285. The van der Waals surface area contributed by atoms with Crippen molar-refractivity contribution in [1.29, 1.82) is 0 Å². The number of carbonyl (C=O) groups excluding carboxylic acids is 1. The number of hydrogen-bond acceptors (Lipinski definition) is 18. The van der Waals surface area contributed by atoms with Crippen LogP contribution in [0.3, 0.4) is 0 Å². The summed E-state index contributed by atoms with van der Waals surface area (Å²) in [5, 5.41) is 121. The van der Waals surface area contributed by atoms with Gasteiger partial charge in [-0.2, -0.15) is 0 Å². The van der Waals surface area contributed by atoms with Crippen LogP contribution in [0.1, 0.15) is 309 Å². The molecule has 97 heavy (non-hydrogen) atoms. The van der Waals surface area contributed by atoms with E-state index in [1.807, 2.05) is 6.08 Å². The monoisotopic (exact) mass is 1380 g/mol. The Morgan fingerprint density at radius 3 is 1.03 bits per heavy atom. The number of hydrogen-bond donors (Lipinski definition) is 12. The van der Waals surface area contributed by atoms with E-state index in [-0.39, 0.29) is 18.9 Å². The molecule has 0 aromatic rings. The summed E-state index contributed by atoms with van der Waals surface area (Å²) >= 11 is 0. The summed E-state index contributed by atoms with van der Waals surface area (Å²) in [4.78, 5) is 13.4. The fraction of sp³-hybridized carbons (Fsp3) is 0.885. The van der Waals surface area contributed by atoms with Crippen molar-refractivity contribution < 1.29 is 89.4 Å². The minimum atomic E-state index is -1.98. The molecule has 568 valence electrons. The predicted octanol–water partition coefficient (Wildman–Crippen LogP) is 12.5. The van der Waals surface area contributed by atoms with Crippen LogP contribution in [0.4, 0.5) is 0 Å².